The first-order valence-electron chi connectivity index (χ1n) is 6.29. The lowest BCUT2D eigenvalue weighted by atomic mass is 10.0. The Hall–Kier alpha value is -0.800. The van der Waals surface area contributed by atoms with E-state index in [0.29, 0.717) is 4.47 Å². The Morgan fingerprint density at radius 3 is 2.00 bits per heavy atom. The Bertz CT molecular complexity index is 459. The van der Waals surface area contributed by atoms with Gasteiger partial charge in [-0.1, -0.05) is 28.1 Å². The Kier molecular flexibility index (Phi) is 6.69. The summed E-state index contributed by atoms with van der Waals surface area (Å²) in [5.41, 5.74) is -0.138. The first-order chi connectivity index (χ1) is 10.0. The molecule has 1 aromatic rings. The molecule has 22 heavy (non-hydrogen) atoms. The summed E-state index contributed by atoms with van der Waals surface area (Å²) in [5.74, 6) is 0. The molecular weight excluding hydrogens is 380 g/mol. The van der Waals surface area contributed by atoms with Crippen molar-refractivity contribution >= 4 is 15.9 Å². The minimum Gasteiger partial charge on any atom is -0.395 e. The van der Waals surface area contributed by atoms with Crippen molar-refractivity contribution in [3.63, 3.8) is 0 Å². The predicted octanol–water partition coefficient (Wildman–Crippen LogP) is 4.35. The number of aliphatic hydroxyl groups excluding tert-OH is 1. The molecule has 9 heteroatoms. The van der Waals surface area contributed by atoms with E-state index < -0.39 is 43.9 Å². The second-order valence-corrected chi connectivity index (χ2v) is 5.64. The van der Waals surface area contributed by atoms with Crippen molar-refractivity contribution in [3.8, 4) is 0 Å². The molecule has 0 spiro atoms. The molecule has 0 amide bonds. The van der Waals surface area contributed by atoms with Crippen molar-refractivity contribution in [2.75, 3.05) is 6.61 Å². The molecule has 0 bridgehead atoms. The first kappa shape index (κ1) is 19.2. The number of hydrogen-bond acceptors (Lipinski definition) is 2. The summed E-state index contributed by atoms with van der Waals surface area (Å²) in [7, 11) is 0. The number of aliphatic hydroxyl groups is 1. The van der Waals surface area contributed by atoms with Crippen LogP contribution in [0, 0.1) is 0 Å². The van der Waals surface area contributed by atoms with Crippen LogP contribution in [-0.2, 0) is 0 Å². The quantitative estimate of drug-likeness (QED) is 0.704. The van der Waals surface area contributed by atoms with Crippen LogP contribution in [0.2, 0.25) is 0 Å². The van der Waals surface area contributed by atoms with Crippen LogP contribution in [0.4, 0.5) is 26.3 Å². The van der Waals surface area contributed by atoms with E-state index in [1.165, 1.54) is 24.3 Å². The summed E-state index contributed by atoms with van der Waals surface area (Å²) in [4.78, 5) is 0. The van der Waals surface area contributed by atoms with Gasteiger partial charge in [-0.05, 0) is 24.1 Å². The molecule has 0 aromatic heterocycles. The molecule has 0 heterocycles. The third-order valence-electron chi connectivity index (χ3n) is 2.93. The second kappa shape index (κ2) is 7.65. The van der Waals surface area contributed by atoms with E-state index in [-0.39, 0.29) is 5.56 Å². The number of rotatable bonds is 6. The minimum absolute atomic E-state index is 0.138. The van der Waals surface area contributed by atoms with Crippen LogP contribution in [0.1, 0.15) is 24.4 Å². The molecule has 2 N–H and O–H groups in total. The topological polar surface area (TPSA) is 32.3 Å². The predicted molar refractivity (Wildman–Crippen MR) is 72.2 cm³/mol. The summed E-state index contributed by atoms with van der Waals surface area (Å²) in [6.07, 6.45) is -11.1. The molecule has 0 saturated carbocycles. The maximum Gasteiger partial charge on any atom is 0.407 e. The summed E-state index contributed by atoms with van der Waals surface area (Å²) in [6, 6.07) is 1.78. The Morgan fingerprint density at radius 2 is 1.59 bits per heavy atom. The molecule has 0 aliphatic rings. The van der Waals surface area contributed by atoms with Gasteiger partial charge >= 0.3 is 12.4 Å². The number of benzene rings is 1. The van der Waals surface area contributed by atoms with Gasteiger partial charge in [0.2, 0.25) is 0 Å². The molecule has 0 saturated heterocycles. The number of alkyl halides is 6. The smallest absolute Gasteiger partial charge is 0.395 e. The fourth-order valence-electron chi connectivity index (χ4n) is 1.84. The highest BCUT2D eigenvalue weighted by molar-refractivity contribution is 9.10. The van der Waals surface area contributed by atoms with Gasteiger partial charge in [0.15, 0.2) is 0 Å². The van der Waals surface area contributed by atoms with Crippen molar-refractivity contribution in [2.24, 2.45) is 0 Å². The summed E-state index contributed by atoms with van der Waals surface area (Å²) in [6.45, 7) is -0.820. The van der Waals surface area contributed by atoms with E-state index in [1.54, 1.807) is 0 Å². The van der Waals surface area contributed by atoms with Crippen LogP contribution in [0.25, 0.3) is 0 Å². The zero-order chi connectivity index (χ0) is 17.0. The van der Waals surface area contributed by atoms with Gasteiger partial charge in [0.05, 0.1) is 6.61 Å². The summed E-state index contributed by atoms with van der Waals surface area (Å²) < 4.78 is 76.3. The average molecular weight is 394 g/mol. The van der Waals surface area contributed by atoms with Crippen molar-refractivity contribution in [2.45, 2.75) is 37.3 Å². The molecule has 0 fully saturated rings. The van der Waals surface area contributed by atoms with Gasteiger partial charge in [-0.2, -0.15) is 26.3 Å². The van der Waals surface area contributed by atoms with Crippen LogP contribution < -0.4 is 5.32 Å². The lowest BCUT2D eigenvalue weighted by Gasteiger charge is -2.27. The van der Waals surface area contributed by atoms with Crippen molar-refractivity contribution < 1.29 is 31.4 Å². The van der Waals surface area contributed by atoms with Gasteiger partial charge in [0.1, 0.15) is 6.04 Å². The molecule has 0 unspecified atom stereocenters. The van der Waals surface area contributed by atoms with E-state index in [0.717, 1.165) is 0 Å². The lowest BCUT2D eigenvalue weighted by molar-refractivity contribution is -0.162. The summed E-state index contributed by atoms with van der Waals surface area (Å²) >= 11 is 3.09. The standard InChI is InChI=1S/C13H14BrF6NO/c14-9-3-1-8(2-4-9)11(13(18,19)20)21-10(7-22)5-6-12(15,16)17/h1-4,10-11,21-22H,5-7H2/t10-,11-/m0/s1. The fraction of sp³-hybridized carbons (Fsp3) is 0.538. The highest BCUT2D eigenvalue weighted by Crippen LogP contribution is 2.34. The number of halogens is 7. The maximum absolute atomic E-state index is 13.1. The lowest BCUT2D eigenvalue weighted by Crippen LogP contribution is -2.43. The zero-order valence-electron chi connectivity index (χ0n) is 11.2. The van der Waals surface area contributed by atoms with Crippen molar-refractivity contribution in [3.05, 3.63) is 34.3 Å². The molecule has 0 aliphatic carbocycles. The van der Waals surface area contributed by atoms with Gasteiger partial charge in [-0.25, -0.2) is 0 Å². The Morgan fingerprint density at radius 1 is 1.05 bits per heavy atom. The average Bonchev–Trinajstić information content (AvgIpc) is 2.38. The molecule has 1 rings (SSSR count). The van der Waals surface area contributed by atoms with Gasteiger partial charge in [-0.3, -0.25) is 5.32 Å². The molecular formula is C13H14BrF6NO. The molecule has 1 aromatic carbocycles. The van der Waals surface area contributed by atoms with Gasteiger partial charge < -0.3 is 5.11 Å². The monoisotopic (exact) mass is 393 g/mol. The number of hydrogen-bond donors (Lipinski definition) is 2. The minimum atomic E-state index is -4.69. The fourth-order valence-corrected chi connectivity index (χ4v) is 2.10. The van der Waals surface area contributed by atoms with E-state index in [2.05, 4.69) is 21.2 Å². The number of nitrogens with one attached hydrogen (secondary N) is 1. The van der Waals surface area contributed by atoms with Crippen LogP contribution >= 0.6 is 15.9 Å². The highest BCUT2D eigenvalue weighted by Gasteiger charge is 2.42. The third kappa shape index (κ3) is 6.53. The van der Waals surface area contributed by atoms with E-state index in [4.69, 9.17) is 5.11 Å². The van der Waals surface area contributed by atoms with Crippen LogP contribution in [-0.4, -0.2) is 30.1 Å². The van der Waals surface area contributed by atoms with Gasteiger partial charge in [0.25, 0.3) is 0 Å². The molecule has 0 aliphatic heterocycles. The first-order valence-corrected chi connectivity index (χ1v) is 7.08. The summed E-state index contributed by atoms with van der Waals surface area (Å²) in [5, 5.41) is 11.1. The van der Waals surface area contributed by atoms with Crippen LogP contribution in [0.5, 0.6) is 0 Å². The van der Waals surface area contributed by atoms with E-state index in [9.17, 15) is 26.3 Å². The van der Waals surface area contributed by atoms with E-state index >= 15 is 0 Å². The third-order valence-corrected chi connectivity index (χ3v) is 3.46. The highest BCUT2D eigenvalue weighted by atomic mass is 79.9. The zero-order valence-corrected chi connectivity index (χ0v) is 12.8. The largest absolute Gasteiger partial charge is 0.407 e. The van der Waals surface area contributed by atoms with Crippen LogP contribution in [0.15, 0.2) is 28.7 Å². The molecule has 0 radical (unpaired) electrons. The Balaban J connectivity index is 2.86. The second-order valence-electron chi connectivity index (χ2n) is 4.73. The molecule has 126 valence electrons. The molecule has 2 nitrogen and oxygen atoms in total. The normalized spacial score (nSPS) is 15.6. The SMILES string of the molecule is OC[C@H](CCC(F)(F)F)N[C@@H](c1ccc(Br)cc1)C(F)(F)F. The molecule has 2 atom stereocenters. The van der Waals surface area contributed by atoms with Crippen molar-refractivity contribution in [1.29, 1.82) is 0 Å². The Labute approximate surface area is 131 Å². The van der Waals surface area contributed by atoms with E-state index in [1.807, 2.05) is 0 Å². The van der Waals surface area contributed by atoms with Crippen molar-refractivity contribution in [1.82, 2.24) is 5.32 Å². The van der Waals surface area contributed by atoms with Gasteiger partial charge in [-0.15, -0.1) is 0 Å². The maximum atomic E-state index is 13.1. The van der Waals surface area contributed by atoms with Crippen LogP contribution in [0.3, 0.4) is 0 Å². The van der Waals surface area contributed by atoms with Gasteiger partial charge in [0, 0.05) is 16.9 Å².